The van der Waals surface area contributed by atoms with Crippen LogP contribution in [0.15, 0.2) is 48.6 Å². The largest absolute Gasteiger partial charge is 0.504 e. The molecular formula is C60H67N3O12. The fourth-order valence-electron chi connectivity index (χ4n) is 18.4. The van der Waals surface area contributed by atoms with E-state index in [0.29, 0.717) is 49.4 Å². The highest BCUT2D eigenvalue weighted by Crippen LogP contribution is 2.68. The van der Waals surface area contributed by atoms with Crippen molar-refractivity contribution in [1.29, 1.82) is 0 Å². The van der Waals surface area contributed by atoms with Crippen LogP contribution in [0.4, 0.5) is 0 Å². The number of carbonyl (C=O) groups excluding carboxylic acids is 3. The molecule has 3 aromatic carbocycles. The first-order chi connectivity index (χ1) is 36.1. The molecule has 15 heteroatoms. The molecule has 12 atom stereocenters. The zero-order chi connectivity index (χ0) is 50.9. The van der Waals surface area contributed by atoms with Crippen LogP contribution in [0.3, 0.4) is 0 Å². The Morgan fingerprint density at radius 1 is 0.480 bits per heavy atom. The third-order valence-corrected chi connectivity index (χ3v) is 22.3. The Kier molecular flexibility index (Phi) is 9.32. The SMILES string of the molecule is O=C1C=C[C@@]2(O)C3Cc4ccc(O)c5c4C2(CCN3CC2CC2)[C@H]1O5.O=C1CC[C@@]2(O)C3Cc4ccc(O)c5c4C2(CCN3CC2CC2)[C@H]1O5.O=C1CC[C@@]2(O)C3Cc4ccc(O)c5c4C2(CCN3CC2CC2)[C@H]1O5. The summed E-state index contributed by atoms with van der Waals surface area (Å²) in [5.41, 5.74) is 1.01. The van der Waals surface area contributed by atoms with Crippen molar-refractivity contribution >= 4 is 17.3 Å². The van der Waals surface area contributed by atoms with Crippen LogP contribution in [0.2, 0.25) is 0 Å². The number of phenolic OH excluding ortho intramolecular Hbond substituents is 3. The summed E-state index contributed by atoms with van der Waals surface area (Å²) in [6, 6.07) is 10.9. The lowest BCUT2D eigenvalue weighted by molar-refractivity contribution is -0.188. The van der Waals surface area contributed by atoms with Gasteiger partial charge in [-0.1, -0.05) is 18.2 Å². The minimum atomic E-state index is -1.12. The van der Waals surface area contributed by atoms with E-state index in [0.717, 1.165) is 123 Å². The van der Waals surface area contributed by atoms with Crippen molar-refractivity contribution in [3.63, 3.8) is 0 Å². The van der Waals surface area contributed by atoms with Gasteiger partial charge in [-0.2, -0.15) is 0 Å². The summed E-state index contributed by atoms with van der Waals surface area (Å²) in [6.45, 7) is 5.79. The Morgan fingerprint density at radius 2 is 0.853 bits per heavy atom. The van der Waals surface area contributed by atoms with Gasteiger partial charge in [0.25, 0.3) is 0 Å². The second kappa shape index (κ2) is 15.2. The van der Waals surface area contributed by atoms with Crippen LogP contribution in [0, 0.1) is 17.8 Å². The van der Waals surface area contributed by atoms with Crippen molar-refractivity contribution in [2.75, 3.05) is 39.3 Å². The number of nitrogens with zero attached hydrogens (tertiary/aromatic N) is 3. The molecule has 394 valence electrons. The number of hydrogen-bond donors (Lipinski definition) is 6. The van der Waals surface area contributed by atoms with Crippen molar-refractivity contribution in [3.05, 3.63) is 81.9 Å². The van der Waals surface area contributed by atoms with Crippen molar-refractivity contribution < 1.29 is 59.2 Å². The number of Topliss-reactive ketones (excluding diaryl/α,β-unsaturated/α-hetero) is 2. The molecule has 15 aliphatic rings. The number of rotatable bonds is 6. The standard InChI is InChI=1S/2C20H23NO4.C20H21NO4/c3*22-13-4-3-12-9-15-20(24)6-5-14(23)18-19(20,16(12)17(13)25-18)7-8-21(15)10-11-1-2-11/h2*3-4,11,15,18,22,24H,1-2,5-10H2;3-6,11,15,18,22,24H,1-2,7-10H2/t3*15?,18-,19?,20+/m000/s1. The molecule has 6 aliphatic heterocycles. The molecule has 3 aromatic rings. The monoisotopic (exact) mass is 1020 g/mol. The number of aromatic hydroxyl groups is 3. The first-order valence-electron chi connectivity index (χ1n) is 28.4. The average Bonchev–Trinajstić information content (AvgIpc) is 4.44. The van der Waals surface area contributed by atoms with E-state index in [1.54, 1.807) is 24.3 Å². The van der Waals surface area contributed by atoms with E-state index in [2.05, 4.69) is 14.7 Å². The molecule has 75 heavy (non-hydrogen) atoms. The van der Waals surface area contributed by atoms with Crippen LogP contribution in [0.5, 0.6) is 34.5 Å². The van der Waals surface area contributed by atoms with Gasteiger partial charge in [-0.25, -0.2) is 0 Å². The summed E-state index contributed by atoms with van der Waals surface area (Å²) >= 11 is 0. The predicted molar refractivity (Wildman–Crippen MR) is 269 cm³/mol. The Morgan fingerprint density at radius 3 is 1.28 bits per heavy atom. The number of aliphatic hydroxyl groups is 3. The maximum absolute atomic E-state index is 12.7. The predicted octanol–water partition coefficient (Wildman–Crippen LogP) is 4.35. The van der Waals surface area contributed by atoms with Gasteiger partial charge in [0.05, 0.1) is 27.4 Å². The molecule has 0 amide bonds. The average molecular weight is 1020 g/mol. The first kappa shape index (κ1) is 46.1. The van der Waals surface area contributed by atoms with Gasteiger partial charge >= 0.3 is 0 Å². The van der Waals surface area contributed by atoms with Crippen LogP contribution in [-0.2, 0) is 49.9 Å². The van der Waals surface area contributed by atoms with Gasteiger partial charge in [0.1, 0.15) is 5.60 Å². The van der Waals surface area contributed by atoms with Gasteiger partial charge in [0, 0.05) is 67.3 Å². The second-order valence-corrected chi connectivity index (χ2v) is 25.8. The molecule has 0 radical (unpaired) electrons. The molecule has 9 aliphatic carbocycles. The minimum absolute atomic E-state index is 0.0414. The zero-order valence-electron chi connectivity index (χ0n) is 42.3. The van der Waals surface area contributed by atoms with Crippen LogP contribution in [0.25, 0.3) is 0 Å². The summed E-state index contributed by atoms with van der Waals surface area (Å²) in [4.78, 5) is 45.4. The molecule has 6 heterocycles. The lowest BCUT2D eigenvalue weighted by atomic mass is 9.49. The van der Waals surface area contributed by atoms with Gasteiger partial charge < -0.3 is 44.8 Å². The molecule has 15 nitrogen and oxygen atoms in total. The summed E-state index contributed by atoms with van der Waals surface area (Å²) in [6.07, 6.45) is 15.1. The number of ketones is 3. The maximum atomic E-state index is 12.7. The molecular weight excluding hydrogens is 955 g/mol. The normalized spacial score (nSPS) is 41.2. The Balaban J connectivity index is 0.0000000953. The van der Waals surface area contributed by atoms with Crippen LogP contribution >= 0.6 is 0 Å². The molecule has 6 N–H and O–H groups in total. The van der Waals surface area contributed by atoms with Gasteiger partial charge in [-0.15, -0.1) is 0 Å². The highest BCUT2D eigenvalue weighted by atomic mass is 16.5. The number of benzene rings is 3. The van der Waals surface area contributed by atoms with Crippen LogP contribution in [0.1, 0.15) is 117 Å². The molecule has 8 fully saturated rings. The molecule has 6 bridgehead atoms. The number of carbonyl (C=O) groups is 3. The smallest absolute Gasteiger partial charge is 0.196 e. The number of phenols is 3. The van der Waals surface area contributed by atoms with Crippen molar-refractivity contribution in [3.8, 4) is 34.5 Å². The van der Waals surface area contributed by atoms with E-state index in [-0.39, 0.29) is 52.7 Å². The molecule has 6 unspecified atom stereocenters. The lowest BCUT2D eigenvalue weighted by Crippen LogP contribution is -2.76. The van der Waals surface area contributed by atoms with Crippen molar-refractivity contribution in [2.45, 2.75) is 172 Å². The fraction of sp³-hybridized carbons (Fsp3) is 0.617. The maximum Gasteiger partial charge on any atom is 0.196 e. The van der Waals surface area contributed by atoms with Crippen LogP contribution < -0.4 is 14.2 Å². The topological polar surface area (TPSA) is 210 Å². The zero-order valence-corrected chi connectivity index (χ0v) is 42.3. The fourth-order valence-corrected chi connectivity index (χ4v) is 18.4. The first-order valence-corrected chi connectivity index (χ1v) is 28.4. The lowest BCUT2D eigenvalue weighted by Gasteiger charge is -2.62. The third-order valence-electron chi connectivity index (χ3n) is 22.3. The Labute approximate surface area is 435 Å². The number of hydrogen-bond acceptors (Lipinski definition) is 15. The summed E-state index contributed by atoms with van der Waals surface area (Å²) in [5.74, 6) is 3.89. The van der Waals surface area contributed by atoms with Gasteiger partial charge in [-0.3, -0.25) is 29.1 Å². The summed E-state index contributed by atoms with van der Waals surface area (Å²) in [5, 5.41) is 66.8. The van der Waals surface area contributed by atoms with Gasteiger partial charge in [-0.05, 0) is 174 Å². The Bertz CT molecular complexity index is 2940. The molecule has 18 rings (SSSR count). The van der Waals surface area contributed by atoms with Crippen LogP contribution in [-0.4, -0.2) is 155 Å². The highest BCUT2D eigenvalue weighted by molar-refractivity contribution is 5.99. The molecule has 3 spiro atoms. The second-order valence-electron chi connectivity index (χ2n) is 25.8. The minimum Gasteiger partial charge on any atom is -0.504 e. The van der Waals surface area contributed by atoms with E-state index in [4.69, 9.17) is 14.2 Å². The van der Waals surface area contributed by atoms with E-state index in [1.807, 2.05) is 18.2 Å². The molecule has 0 aromatic heterocycles. The summed E-state index contributed by atoms with van der Waals surface area (Å²) < 4.78 is 18.1. The summed E-state index contributed by atoms with van der Waals surface area (Å²) in [7, 11) is 0. The van der Waals surface area contributed by atoms with E-state index in [1.165, 1.54) is 44.6 Å². The van der Waals surface area contributed by atoms with Gasteiger partial charge in [0.2, 0.25) is 0 Å². The quantitative estimate of drug-likeness (QED) is 0.203. The number of ether oxygens (including phenoxy) is 3. The Hall–Kier alpha value is -5.03. The number of piperidine rings is 3. The van der Waals surface area contributed by atoms with E-state index < -0.39 is 51.4 Å². The molecule has 3 saturated heterocycles. The van der Waals surface area contributed by atoms with E-state index >= 15 is 0 Å². The third kappa shape index (κ3) is 5.75. The molecule has 5 saturated carbocycles. The number of likely N-dealkylation sites (tertiary alicyclic amines) is 3. The van der Waals surface area contributed by atoms with Crippen molar-refractivity contribution in [2.24, 2.45) is 17.8 Å². The van der Waals surface area contributed by atoms with Gasteiger partial charge in [0.15, 0.2) is 70.2 Å². The highest BCUT2D eigenvalue weighted by Gasteiger charge is 2.76. The van der Waals surface area contributed by atoms with E-state index in [9.17, 15) is 45.0 Å². The van der Waals surface area contributed by atoms with Crippen molar-refractivity contribution in [1.82, 2.24) is 14.7 Å².